The van der Waals surface area contributed by atoms with Crippen molar-refractivity contribution in [2.24, 2.45) is 4.99 Å². The van der Waals surface area contributed by atoms with Crippen LogP contribution in [0.25, 0.3) is 0 Å². The monoisotopic (exact) mass is 403 g/mol. The van der Waals surface area contributed by atoms with Gasteiger partial charge in [0.2, 0.25) is 5.96 Å². The number of carbonyl (C=O) groups excluding carboxylic acids is 1. The molecule has 1 aliphatic heterocycles. The molecule has 1 aliphatic rings. The number of guanidine groups is 1. The van der Waals surface area contributed by atoms with E-state index in [-0.39, 0.29) is 17.6 Å². The van der Waals surface area contributed by atoms with Crippen molar-refractivity contribution in [2.75, 3.05) is 25.6 Å². The van der Waals surface area contributed by atoms with Crippen molar-refractivity contribution < 1.29 is 23.0 Å². The van der Waals surface area contributed by atoms with Gasteiger partial charge in [0, 0.05) is 12.2 Å². The number of halogens is 2. The molecule has 0 spiro atoms. The van der Waals surface area contributed by atoms with Crippen LogP contribution in [-0.4, -0.2) is 38.2 Å². The number of aliphatic imine (C=N–C) groups is 1. The van der Waals surface area contributed by atoms with Gasteiger partial charge in [0.15, 0.2) is 11.6 Å². The first kappa shape index (κ1) is 20.7. The van der Waals surface area contributed by atoms with Crippen LogP contribution in [0.1, 0.15) is 28.8 Å². The van der Waals surface area contributed by atoms with E-state index >= 15 is 0 Å². The second-order valence-corrected chi connectivity index (χ2v) is 6.74. The van der Waals surface area contributed by atoms with Gasteiger partial charge in [0.05, 0.1) is 25.4 Å². The molecule has 0 aliphatic carbocycles. The second kappa shape index (κ2) is 9.47. The Balaban J connectivity index is 1.82. The number of nitrogens with zero attached hydrogens (tertiary/aromatic N) is 1. The summed E-state index contributed by atoms with van der Waals surface area (Å²) in [5.74, 6) is -1.99. The van der Waals surface area contributed by atoms with Crippen LogP contribution in [0, 0.1) is 18.6 Å². The van der Waals surface area contributed by atoms with Crippen molar-refractivity contribution >= 4 is 17.6 Å². The highest BCUT2D eigenvalue weighted by Crippen LogP contribution is 2.25. The van der Waals surface area contributed by atoms with Crippen molar-refractivity contribution in [3.63, 3.8) is 0 Å². The Morgan fingerprint density at radius 2 is 2.07 bits per heavy atom. The number of nitrogens with one attached hydrogen (secondary N) is 2. The molecule has 1 atom stereocenters. The minimum Gasteiger partial charge on any atom is -0.495 e. The maximum absolute atomic E-state index is 13.5. The SMILES string of the molecule is COc1ccc(C)cc1NC(=NC[C@H]1CCCO1)NC(=O)c1ccc(F)c(F)c1. The summed E-state index contributed by atoms with van der Waals surface area (Å²) in [6.07, 6.45) is 1.84. The number of hydrogen-bond acceptors (Lipinski definition) is 4. The Bertz CT molecular complexity index is 912. The molecular weight excluding hydrogens is 380 g/mol. The van der Waals surface area contributed by atoms with E-state index in [4.69, 9.17) is 9.47 Å². The normalized spacial score (nSPS) is 16.6. The van der Waals surface area contributed by atoms with Gasteiger partial charge in [0.1, 0.15) is 5.75 Å². The first-order valence-corrected chi connectivity index (χ1v) is 9.30. The predicted molar refractivity (Wildman–Crippen MR) is 106 cm³/mol. The van der Waals surface area contributed by atoms with E-state index in [1.165, 1.54) is 6.07 Å². The number of anilines is 1. The quantitative estimate of drug-likeness (QED) is 0.590. The molecule has 8 heteroatoms. The molecule has 29 heavy (non-hydrogen) atoms. The van der Waals surface area contributed by atoms with Gasteiger partial charge in [-0.3, -0.25) is 10.1 Å². The molecule has 154 valence electrons. The molecule has 1 amide bonds. The third kappa shape index (κ3) is 5.51. The molecule has 1 fully saturated rings. The molecule has 2 N–H and O–H groups in total. The first-order chi connectivity index (χ1) is 14.0. The van der Waals surface area contributed by atoms with Crippen molar-refractivity contribution in [3.8, 4) is 5.75 Å². The number of benzene rings is 2. The van der Waals surface area contributed by atoms with Crippen LogP contribution >= 0.6 is 0 Å². The summed E-state index contributed by atoms with van der Waals surface area (Å²) in [5.41, 5.74) is 1.58. The van der Waals surface area contributed by atoms with Crippen LogP contribution in [0.15, 0.2) is 41.4 Å². The number of hydrogen-bond donors (Lipinski definition) is 2. The zero-order valence-electron chi connectivity index (χ0n) is 16.3. The van der Waals surface area contributed by atoms with E-state index in [1.54, 1.807) is 13.2 Å². The Hall–Kier alpha value is -3.00. The number of carbonyl (C=O) groups is 1. The van der Waals surface area contributed by atoms with Gasteiger partial charge in [-0.05, 0) is 55.7 Å². The zero-order valence-corrected chi connectivity index (χ0v) is 16.3. The van der Waals surface area contributed by atoms with E-state index < -0.39 is 17.5 Å². The number of rotatable bonds is 5. The second-order valence-electron chi connectivity index (χ2n) is 6.74. The highest BCUT2D eigenvalue weighted by molar-refractivity contribution is 6.10. The molecule has 2 aromatic rings. The van der Waals surface area contributed by atoms with Crippen molar-refractivity contribution in [1.29, 1.82) is 0 Å². The maximum atomic E-state index is 13.5. The van der Waals surface area contributed by atoms with E-state index in [1.807, 2.05) is 19.1 Å². The van der Waals surface area contributed by atoms with E-state index in [9.17, 15) is 13.6 Å². The van der Waals surface area contributed by atoms with Crippen LogP contribution in [-0.2, 0) is 4.74 Å². The van der Waals surface area contributed by atoms with Gasteiger partial charge < -0.3 is 14.8 Å². The van der Waals surface area contributed by atoms with Gasteiger partial charge in [-0.1, -0.05) is 6.07 Å². The Morgan fingerprint density at radius 3 is 2.76 bits per heavy atom. The lowest BCUT2D eigenvalue weighted by Gasteiger charge is -2.16. The average molecular weight is 403 g/mol. The molecular formula is C21H23F2N3O3. The predicted octanol–water partition coefficient (Wildman–Crippen LogP) is 3.66. The molecule has 1 saturated heterocycles. The van der Waals surface area contributed by atoms with Gasteiger partial charge in [-0.15, -0.1) is 0 Å². The fourth-order valence-electron chi connectivity index (χ4n) is 2.96. The summed E-state index contributed by atoms with van der Waals surface area (Å²) in [6.45, 7) is 2.97. The lowest BCUT2D eigenvalue weighted by atomic mass is 10.2. The molecule has 0 radical (unpaired) electrons. The summed E-state index contributed by atoms with van der Waals surface area (Å²) >= 11 is 0. The summed E-state index contributed by atoms with van der Waals surface area (Å²) < 4.78 is 37.6. The average Bonchev–Trinajstić information content (AvgIpc) is 3.22. The fraction of sp³-hybridized carbons (Fsp3) is 0.333. The minimum absolute atomic E-state index is 0.0216. The molecule has 1 heterocycles. The van der Waals surface area contributed by atoms with Crippen molar-refractivity contribution in [3.05, 3.63) is 59.2 Å². The third-order valence-corrected chi connectivity index (χ3v) is 4.50. The van der Waals surface area contributed by atoms with E-state index in [0.717, 1.165) is 30.5 Å². The molecule has 6 nitrogen and oxygen atoms in total. The fourth-order valence-corrected chi connectivity index (χ4v) is 2.96. The van der Waals surface area contributed by atoms with Crippen LogP contribution in [0.4, 0.5) is 14.5 Å². The van der Waals surface area contributed by atoms with Crippen LogP contribution in [0.3, 0.4) is 0 Å². The van der Waals surface area contributed by atoms with E-state index in [0.29, 0.717) is 24.6 Å². The zero-order chi connectivity index (χ0) is 20.8. The number of amides is 1. The minimum atomic E-state index is -1.09. The molecule has 0 bridgehead atoms. The number of ether oxygens (including phenoxy) is 2. The summed E-state index contributed by atoms with van der Waals surface area (Å²) in [5, 5.41) is 5.68. The van der Waals surface area contributed by atoms with Gasteiger partial charge in [-0.25, -0.2) is 13.8 Å². The standard InChI is InChI=1S/C21H23F2N3O3/c1-13-5-8-19(28-2)18(10-13)25-21(24-12-15-4-3-9-29-15)26-20(27)14-6-7-16(22)17(23)11-14/h5-8,10-11,15H,3-4,9,12H2,1-2H3,(H2,24,25,26,27)/t15-/m1/s1. The Kier molecular flexibility index (Phi) is 6.77. The summed E-state index contributed by atoms with van der Waals surface area (Å²) in [4.78, 5) is 17.0. The molecule has 3 rings (SSSR count). The van der Waals surface area contributed by atoms with E-state index in [2.05, 4.69) is 15.6 Å². The topological polar surface area (TPSA) is 71.9 Å². The highest BCUT2D eigenvalue weighted by atomic mass is 19.2. The Morgan fingerprint density at radius 1 is 1.24 bits per heavy atom. The lowest BCUT2D eigenvalue weighted by molar-refractivity contribution is 0.0975. The van der Waals surface area contributed by atoms with Crippen molar-refractivity contribution in [1.82, 2.24) is 5.32 Å². The van der Waals surface area contributed by atoms with Gasteiger partial charge >= 0.3 is 0 Å². The smallest absolute Gasteiger partial charge is 0.258 e. The van der Waals surface area contributed by atoms with Gasteiger partial charge in [-0.2, -0.15) is 0 Å². The number of aryl methyl sites for hydroxylation is 1. The van der Waals surface area contributed by atoms with Crippen LogP contribution in [0.2, 0.25) is 0 Å². The molecule has 0 aromatic heterocycles. The number of methoxy groups -OCH3 is 1. The molecule has 0 unspecified atom stereocenters. The largest absolute Gasteiger partial charge is 0.495 e. The third-order valence-electron chi connectivity index (χ3n) is 4.50. The highest BCUT2D eigenvalue weighted by Gasteiger charge is 2.17. The summed E-state index contributed by atoms with van der Waals surface area (Å²) in [6, 6.07) is 8.50. The maximum Gasteiger partial charge on any atom is 0.258 e. The molecule has 2 aromatic carbocycles. The summed E-state index contributed by atoms with van der Waals surface area (Å²) in [7, 11) is 1.54. The van der Waals surface area contributed by atoms with Crippen LogP contribution < -0.4 is 15.4 Å². The van der Waals surface area contributed by atoms with Crippen LogP contribution in [0.5, 0.6) is 5.75 Å². The molecule has 0 saturated carbocycles. The first-order valence-electron chi connectivity index (χ1n) is 9.30. The van der Waals surface area contributed by atoms with Gasteiger partial charge in [0.25, 0.3) is 5.91 Å². The van der Waals surface area contributed by atoms with Crippen molar-refractivity contribution in [2.45, 2.75) is 25.9 Å². The lowest BCUT2D eigenvalue weighted by Crippen LogP contribution is -2.37. The Labute approximate surface area is 167 Å².